The topological polar surface area (TPSA) is 60.2 Å². The van der Waals surface area contributed by atoms with E-state index in [9.17, 15) is 4.79 Å². The molecular formula is C17H22N4O2S. The van der Waals surface area contributed by atoms with Gasteiger partial charge >= 0.3 is 0 Å². The maximum Gasteiger partial charge on any atom is 0.233 e. The van der Waals surface area contributed by atoms with E-state index in [1.54, 1.807) is 6.33 Å². The van der Waals surface area contributed by atoms with Gasteiger partial charge in [0.2, 0.25) is 5.91 Å². The Morgan fingerprint density at radius 1 is 1.25 bits per heavy atom. The summed E-state index contributed by atoms with van der Waals surface area (Å²) in [6.45, 7) is 6.92. The first-order valence-electron chi connectivity index (χ1n) is 8.14. The van der Waals surface area contributed by atoms with E-state index in [1.165, 1.54) is 17.3 Å². The number of morpholine rings is 1. The Morgan fingerprint density at radius 2 is 1.96 bits per heavy atom. The minimum Gasteiger partial charge on any atom is -0.378 e. The number of hydrogen-bond donors (Lipinski definition) is 0. The molecule has 1 aromatic carbocycles. The van der Waals surface area contributed by atoms with E-state index >= 15 is 0 Å². The summed E-state index contributed by atoms with van der Waals surface area (Å²) in [6, 6.07) is 8.36. The quantitative estimate of drug-likeness (QED) is 0.778. The van der Waals surface area contributed by atoms with E-state index in [0.717, 1.165) is 10.8 Å². The fraction of sp³-hybridized carbons (Fsp3) is 0.471. The Labute approximate surface area is 146 Å². The highest BCUT2D eigenvalue weighted by Gasteiger charge is 2.18. The number of amides is 1. The van der Waals surface area contributed by atoms with Crippen molar-refractivity contribution in [3.8, 4) is 5.69 Å². The van der Waals surface area contributed by atoms with Gasteiger partial charge in [-0.1, -0.05) is 37.7 Å². The third-order valence-corrected chi connectivity index (χ3v) is 4.97. The lowest BCUT2D eigenvalue weighted by atomic mass is 10.0. The third-order valence-electron chi connectivity index (χ3n) is 4.04. The number of carbonyl (C=O) groups is 1. The number of nitrogens with zero attached hydrogens (tertiary/aromatic N) is 4. The summed E-state index contributed by atoms with van der Waals surface area (Å²) in [6.07, 6.45) is 1.69. The van der Waals surface area contributed by atoms with Crippen molar-refractivity contribution in [2.24, 2.45) is 0 Å². The molecule has 0 atom stereocenters. The van der Waals surface area contributed by atoms with Gasteiger partial charge in [-0.3, -0.25) is 9.36 Å². The second-order valence-corrected chi connectivity index (χ2v) is 6.95. The van der Waals surface area contributed by atoms with Gasteiger partial charge in [0.25, 0.3) is 0 Å². The number of hydrogen-bond acceptors (Lipinski definition) is 5. The average Bonchev–Trinajstić information content (AvgIpc) is 3.09. The first-order valence-corrected chi connectivity index (χ1v) is 9.12. The Kier molecular flexibility index (Phi) is 5.52. The third kappa shape index (κ3) is 3.96. The van der Waals surface area contributed by atoms with Gasteiger partial charge in [-0.15, -0.1) is 10.2 Å². The number of rotatable bonds is 5. The molecule has 128 valence electrons. The zero-order chi connectivity index (χ0) is 16.9. The van der Waals surface area contributed by atoms with Crippen molar-refractivity contribution in [2.45, 2.75) is 24.9 Å². The minimum atomic E-state index is 0.119. The predicted molar refractivity (Wildman–Crippen MR) is 93.6 cm³/mol. The zero-order valence-electron chi connectivity index (χ0n) is 14.0. The van der Waals surface area contributed by atoms with Crippen LogP contribution in [0.3, 0.4) is 0 Å². The van der Waals surface area contributed by atoms with Gasteiger partial charge < -0.3 is 9.64 Å². The fourth-order valence-electron chi connectivity index (χ4n) is 2.55. The van der Waals surface area contributed by atoms with E-state index in [-0.39, 0.29) is 5.91 Å². The largest absolute Gasteiger partial charge is 0.378 e. The van der Waals surface area contributed by atoms with Gasteiger partial charge in [0.15, 0.2) is 5.16 Å². The van der Waals surface area contributed by atoms with Gasteiger partial charge in [0.05, 0.1) is 19.0 Å². The molecule has 24 heavy (non-hydrogen) atoms. The second kappa shape index (κ2) is 7.81. The van der Waals surface area contributed by atoms with Crippen molar-refractivity contribution in [3.05, 3.63) is 36.2 Å². The molecule has 1 fully saturated rings. The highest BCUT2D eigenvalue weighted by molar-refractivity contribution is 7.99. The summed E-state index contributed by atoms with van der Waals surface area (Å²) < 4.78 is 7.19. The maximum atomic E-state index is 12.3. The lowest BCUT2D eigenvalue weighted by molar-refractivity contribution is -0.132. The van der Waals surface area contributed by atoms with E-state index in [1.807, 2.05) is 9.47 Å². The number of ether oxygens (including phenoxy) is 1. The molecule has 2 aromatic rings. The molecule has 1 amide bonds. The van der Waals surface area contributed by atoms with E-state index in [4.69, 9.17) is 4.74 Å². The van der Waals surface area contributed by atoms with Crippen LogP contribution in [-0.2, 0) is 9.53 Å². The summed E-state index contributed by atoms with van der Waals surface area (Å²) in [7, 11) is 0. The zero-order valence-corrected chi connectivity index (χ0v) is 14.8. The number of benzene rings is 1. The second-order valence-electron chi connectivity index (χ2n) is 6.01. The summed E-state index contributed by atoms with van der Waals surface area (Å²) >= 11 is 1.42. The lowest BCUT2D eigenvalue weighted by Gasteiger charge is -2.26. The van der Waals surface area contributed by atoms with E-state index in [0.29, 0.717) is 38.0 Å². The van der Waals surface area contributed by atoms with Crippen LogP contribution in [0.1, 0.15) is 25.3 Å². The molecule has 1 saturated heterocycles. The average molecular weight is 346 g/mol. The molecule has 1 aromatic heterocycles. The highest BCUT2D eigenvalue weighted by atomic mass is 32.2. The molecule has 0 saturated carbocycles. The SMILES string of the molecule is CC(C)c1ccc(-n2cnnc2SCC(=O)N2CCOCC2)cc1. The number of aromatic nitrogens is 3. The smallest absolute Gasteiger partial charge is 0.233 e. The summed E-state index contributed by atoms with van der Waals surface area (Å²) in [5.41, 5.74) is 2.30. The molecule has 0 aliphatic carbocycles. The van der Waals surface area contributed by atoms with Gasteiger partial charge in [-0.25, -0.2) is 0 Å². The number of thioether (sulfide) groups is 1. The molecule has 0 bridgehead atoms. The Balaban J connectivity index is 1.65. The first kappa shape index (κ1) is 17.0. The van der Waals surface area contributed by atoms with Crippen molar-refractivity contribution in [1.29, 1.82) is 0 Å². The Hall–Kier alpha value is -1.86. The van der Waals surface area contributed by atoms with Crippen LogP contribution in [0, 0.1) is 0 Å². The monoisotopic (exact) mass is 346 g/mol. The van der Waals surface area contributed by atoms with Gasteiger partial charge in [-0.2, -0.15) is 0 Å². The Bertz CT molecular complexity index is 678. The normalized spacial score (nSPS) is 15.0. The molecule has 3 rings (SSSR count). The highest BCUT2D eigenvalue weighted by Crippen LogP contribution is 2.22. The van der Waals surface area contributed by atoms with Crippen molar-refractivity contribution >= 4 is 17.7 Å². The molecule has 6 nitrogen and oxygen atoms in total. The molecule has 0 N–H and O–H groups in total. The molecule has 1 aliphatic rings. The Morgan fingerprint density at radius 3 is 2.62 bits per heavy atom. The first-order chi connectivity index (χ1) is 11.6. The van der Waals surface area contributed by atoms with Crippen molar-refractivity contribution < 1.29 is 9.53 Å². The minimum absolute atomic E-state index is 0.119. The molecule has 0 spiro atoms. The van der Waals surface area contributed by atoms with Crippen LogP contribution < -0.4 is 0 Å². The standard InChI is InChI=1S/C17H22N4O2S/c1-13(2)14-3-5-15(6-4-14)21-12-18-19-17(21)24-11-16(22)20-7-9-23-10-8-20/h3-6,12-13H,7-11H2,1-2H3. The van der Waals surface area contributed by atoms with Crippen molar-refractivity contribution in [2.75, 3.05) is 32.1 Å². The van der Waals surface area contributed by atoms with Gasteiger partial charge in [-0.05, 0) is 23.6 Å². The van der Waals surface area contributed by atoms with E-state index in [2.05, 4.69) is 48.3 Å². The van der Waals surface area contributed by atoms with Gasteiger partial charge in [0.1, 0.15) is 6.33 Å². The molecule has 2 heterocycles. The molecule has 7 heteroatoms. The van der Waals surface area contributed by atoms with Crippen LogP contribution in [-0.4, -0.2) is 57.6 Å². The van der Waals surface area contributed by atoms with Crippen LogP contribution in [0.2, 0.25) is 0 Å². The summed E-state index contributed by atoms with van der Waals surface area (Å²) in [5, 5.41) is 8.87. The van der Waals surface area contributed by atoms with Crippen LogP contribution in [0.4, 0.5) is 0 Å². The van der Waals surface area contributed by atoms with Gasteiger partial charge in [0, 0.05) is 18.8 Å². The van der Waals surface area contributed by atoms with E-state index < -0.39 is 0 Å². The molecular weight excluding hydrogens is 324 g/mol. The summed E-state index contributed by atoms with van der Waals surface area (Å²) in [4.78, 5) is 14.1. The van der Waals surface area contributed by atoms with Crippen LogP contribution >= 0.6 is 11.8 Å². The van der Waals surface area contributed by atoms with Crippen LogP contribution in [0.15, 0.2) is 35.7 Å². The molecule has 0 radical (unpaired) electrons. The van der Waals surface area contributed by atoms with Crippen LogP contribution in [0.5, 0.6) is 0 Å². The van der Waals surface area contributed by atoms with Crippen molar-refractivity contribution in [1.82, 2.24) is 19.7 Å². The molecule has 0 unspecified atom stereocenters. The van der Waals surface area contributed by atoms with Crippen molar-refractivity contribution in [3.63, 3.8) is 0 Å². The lowest BCUT2D eigenvalue weighted by Crippen LogP contribution is -2.41. The fourth-order valence-corrected chi connectivity index (χ4v) is 3.38. The summed E-state index contributed by atoms with van der Waals surface area (Å²) in [5.74, 6) is 0.982. The van der Waals surface area contributed by atoms with Crippen LogP contribution in [0.25, 0.3) is 5.69 Å². The maximum absolute atomic E-state index is 12.3. The predicted octanol–water partition coefficient (Wildman–Crippen LogP) is 2.34. The molecule has 1 aliphatic heterocycles. The number of carbonyl (C=O) groups excluding carboxylic acids is 1.